The molecular weight excluding hydrogens is 420 g/mol. The van der Waals surface area contributed by atoms with Gasteiger partial charge in [-0.3, -0.25) is 24.5 Å². The van der Waals surface area contributed by atoms with E-state index in [4.69, 9.17) is 4.74 Å². The molecule has 2 N–H and O–H groups in total. The van der Waals surface area contributed by atoms with E-state index in [1.165, 1.54) is 0 Å². The molecule has 4 rings (SSSR count). The van der Waals surface area contributed by atoms with Crippen molar-refractivity contribution in [2.45, 2.75) is 20.3 Å². The molecule has 1 aliphatic rings. The molecule has 8 nitrogen and oxygen atoms in total. The van der Waals surface area contributed by atoms with Crippen LogP contribution in [0.3, 0.4) is 0 Å². The molecule has 0 saturated carbocycles. The Kier molecular flexibility index (Phi) is 6.17. The van der Waals surface area contributed by atoms with Crippen molar-refractivity contribution < 1.29 is 19.1 Å². The third-order valence-corrected chi connectivity index (χ3v) is 5.77. The monoisotopic (exact) mass is 446 g/mol. The van der Waals surface area contributed by atoms with Gasteiger partial charge in [0.25, 0.3) is 5.91 Å². The molecular formula is C25H26N4O4. The van der Waals surface area contributed by atoms with Crippen LogP contribution in [0.5, 0.6) is 5.75 Å². The van der Waals surface area contributed by atoms with Crippen LogP contribution >= 0.6 is 0 Å². The highest BCUT2D eigenvalue weighted by Gasteiger charge is 2.36. The number of para-hydroxylation sites is 2. The fourth-order valence-electron chi connectivity index (χ4n) is 3.93. The second-order valence-electron chi connectivity index (χ2n) is 8.04. The molecule has 1 fully saturated rings. The first-order valence-electron chi connectivity index (χ1n) is 10.7. The van der Waals surface area contributed by atoms with Crippen molar-refractivity contribution in [3.05, 3.63) is 77.6 Å². The summed E-state index contributed by atoms with van der Waals surface area (Å²) in [5.74, 6) is -0.501. The van der Waals surface area contributed by atoms with Crippen LogP contribution in [0.25, 0.3) is 0 Å². The lowest BCUT2D eigenvalue weighted by molar-refractivity contribution is -0.122. The van der Waals surface area contributed by atoms with Crippen LogP contribution in [0.4, 0.5) is 11.4 Å². The number of methoxy groups -OCH3 is 1. The summed E-state index contributed by atoms with van der Waals surface area (Å²) in [4.78, 5) is 39.5. The van der Waals surface area contributed by atoms with E-state index in [1.807, 2.05) is 38.1 Å². The molecule has 33 heavy (non-hydrogen) atoms. The summed E-state index contributed by atoms with van der Waals surface area (Å²) in [7, 11) is 1.55. The standard InChI is InChI=1S/C25H26N4O4/c1-16-8-9-17(2)29(16)27-25(32)18-10-12-20(13-11-18)26-24(31)19-14-23(30)28(15-19)21-6-4-5-7-22(21)33-3/h4-13,19H,14-15H2,1-3H3,(H,26,31)(H,27,32)/t19-/m0/s1. The summed E-state index contributed by atoms with van der Waals surface area (Å²) in [6, 6.07) is 17.8. The highest BCUT2D eigenvalue weighted by atomic mass is 16.5. The van der Waals surface area contributed by atoms with Gasteiger partial charge in [0.05, 0.1) is 18.7 Å². The summed E-state index contributed by atoms with van der Waals surface area (Å²) in [5.41, 5.74) is 6.40. The van der Waals surface area contributed by atoms with Crippen molar-refractivity contribution in [1.29, 1.82) is 0 Å². The highest BCUT2D eigenvalue weighted by molar-refractivity contribution is 6.04. The molecule has 170 valence electrons. The maximum Gasteiger partial charge on any atom is 0.270 e. The van der Waals surface area contributed by atoms with Crippen LogP contribution < -0.4 is 20.4 Å². The van der Waals surface area contributed by atoms with Crippen LogP contribution in [-0.4, -0.2) is 36.1 Å². The largest absolute Gasteiger partial charge is 0.495 e. The van der Waals surface area contributed by atoms with E-state index in [0.29, 0.717) is 22.7 Å². The zero-order valence-electron chi connectivity index (χ0n) is 18.8. The molecule has 8 heteroatoms. The number of nitrogens with one attached hydrogen (secondary N) is 2. The molecule has 0 radical (unpaired) electrons. The number of carbonyl (C=O) groups excluding carboxylic acids is 3. The van der Waals surface area contributed by atoms with E-state index in [2.05, 4.69) is 10.7 Å². The second kappa shape index (κ2) is 9.20. The van der Waals surface area contributed by atoms with Gasteiger partial charge in [-0.05, 0) is 62.4 Å². The quantitative estimate of drug-likeness (QED) is 0.606. The first-order valence-corrected chi connectivity index (χ1v) is 10.7. The van der Waals surface area contributed by atoms with Gasteiger partial charge in [0, 0.05) is 35.6 Å². The maximum absolute atomic E-state index is 12.8. The topological polar surface area (TPSA) is 92.7 Å². The minimum absolute atomic E-state index is 0.123. The van der Waals surface area contributed by atoms with Gasteiger partial charge in [0.15, 0.2) is 0 Å². The molecule has 3 amide bonds. The van der Waals surface area contributed by atoms with Gasteiger partial charge in [-0.2, -0.15) is 0 Å². The number of anilines is 2. The lowest BCUT2D eigenvalue weighted by Crippen LogP contribution is -2.28. The van der Waals surface area contributed by atoms with Crippen molar-refractivity contribution in [2.75, 3.05) is 29.3 Å². The van der Waals surface area contributed by atoms with Crippen LogP contribution in [0, 0.1) is 19.8 Å². The number of hydrogen-bond acceptors (Lipinski definition) is 4. The van der Waals surface area contributed by atoms with Crippen LogP contribution in [0.2, 0.25) is 0 Å². The summed E-state index contributed by atoms with van der Waals surface area (Å²) < 4.78 is 7.07. The van der Waals surface area contributed by atoms with Crippen molar-refractivity contribution >= 4 is 29.1 Å². The van der Waals surface area contributed by atoms with E-state index >= 15 is 0 Å². The average Bonchev–Trinajstić information content (AvgIpc) is 3.36. The van der Waals surface area contributed by atoms with Gasteiger partial charge in [-0.1, -0.05) is 12.1 Å². The van der Waals surface area contributed by atoms with Gasteiger partial charge in [-0.15, -0.1) is 0 Å². The predicted octanol–water partition coefficient (Wildman–Crippen LogP) is 3.49. The molecule has 0 spiro atoms. The molecule has 2 heterocycles. The van der Waals surface area contributed by atoms with Gasteiger partial charge in [-0.25, -0.2) is 0 Å². The SMILES string of the molecule is COc1ccccc1N1C[C@@H](C(=O)Nc2ccc(C(=O)Nn3c(C)ccc3C)cc2)CC1=O. The Bertz CT molecular complexity index is 1180. The molecule has 1 aliphatic heterocycles. The van der Waals surface area contributed by atoms with E-state index in [9.17, 15) is 14.4 Å². The van der Waals surface area contributed by atoms with Crippen molar-refractivity contribution in [3.63, 3.8) is 0 Å². The molecule has 1 aromatic heterocycles. The Labute approximate surface area is 192 Å². The number of hydrogen-bond donors (Lipinski definition) is 2. The van der Waals surface area contributed by atoms with E-state index in [-0.39, 0.29) is 30.7 Å². The molecule has 1 atom stereocenters. The zero-order valence-corrected chi connectivity index (χ0v) is 18.8. The fourth-order valence-corrected chi connectivity index (χ4v) is 3.93. The molecule has 2 aromatic carbocycles. The van der Waals surface area contributed by atoms with Crippen LogP contribution in [-0.2, 0) is 9.59 Å². The first kappa shape index (κ1) is 22.1. The summed E-state index contributed by atoms with van der Waals surface area (Å²) in [6.07, 6.45) is 0.125. The summed E-state index contributed by atoms with van der Waals surface area (Å²) >= 11 is 0. The Morgan fingerprint density at radius 1 is 0.970 bits per heavy atom. The summed E-state index contributed by atoms with van der Waals surface area (Å²) in [6.45, 7) is 4.10. The fraction of sp³-hybridized carbons (Fsp3) is 0.240. The average molecular weight is 447 g/mol. The van der Waals surface area contributed by atoms with Crippen molar-refractivity contribution in [3.8, 4) is 5.75 Å². The van der Waals surface area contributed by atoms with Crippen LogP contribution in [0.1, 0.15) is 28.2 Å². The zero-order chi connectivity index (χ0) is 23.5. The van der Waals surface area contributed by atoms with Gasteiger partial charge >= 0.3 is 0 Å². The third-order valence-electron chi connectivity index (χ3n) is 5.77. The normalized spacial score (nSPS) is 15.4. The smallest absolute Gasteiger partial charge is 0.270 e. The third kappa shape index (κ3) is 4.59. The lowest BCUT2D eigenvalue weighted by atomic mass is 10.1. The number of amides is 3. The van der Waals surface area contributed by atoms with E-state index in [1.54, 1.807) is 53.1 Å². The first-order chi connectivity index (χ1) is 15.9. The Hall–Kier alpha value is -4.07. The van der Waals surface area contributed by atoms with Crippen molar-refractivity contribution in [2.24, 2.45) is 5.92 Å². The summed E-state index contributed by atoms with van der Waals surface area (Å²) in [5, 5.41) is 2.85. The van der Waals surface area contributed by atoms with Gasteiger partial charge in [0.2, 0.25) is 11.8 Å². The Balaban J connectivity index is 1.39. The van der Waals surface area contributed by atoms with Gasteiger partial charge < -0.3 is 15.0 Å². The number of carbonyl (C=O) groups is 3. The highest BCUT2D eigenvalue weighted by Crippen LogP contribution is 2.33. The number of aromatic nitrogens is 1. The number of ether oxygens (including phenoxy) is 1. The van der Waals surface area contributed by atoms with Crippen LogP contribution in [0.15, 0.2) is 60.7 Å². The molecule has 0 unspecified atom stereocenters. The van der Waals surface area contributed by atoms with Gasteiger partial charge in [0.1, 0.15) is 5.75 Å². The molecule has 3 aromatic rings. The van der Waals surface area contributed by atoms with Crippen molar-refractivity contribution in [1.82, 2.24) is 4.68 Å². The van der Waals surface area contributed by atoms with E-state index < -0.39 is 5.92 Å². The number of rotatable bonds is 6. The number of nitrogens with zero attached hydrogens (tertiary/aromatic N) is 2. The number of aryl methyl sites for hydroxylation is 2. The molecule has 0 aliphatic carbocycles. The predicted molar refractivity (Wildman–Crippen MR) is 126 cm³/mol. The minimum Gasteiger partial charge on any atom is -0.495 e. The van der Waals surface area contributed by atoms with E-state index in [0.717, 1.165) is 11.4 Å². The number of benzene rings is 2. The second-order valence-corrected chi connectivity index (χ2v) is 8.04. The Morgan fingerprint density at radius 3 is 2.30 bits per heavy atom. The minimum atomic E-state index is -0.481. The molecule has 0 bridgehead atoms. The molecule has 1 saturated heterocycles. The maximum atomic E-state index is 12.8. The lowest BCUT2D eigenvalue weighted by Gasteiger charge is -2.19. The Morgan fingerprint density at radius 2 is 1.64 bits per heavy atom.